The molecule has 1 aromatic heterocycles. The summed E-state index contributed by atoms with van der Waals surface area (Å²) in [6.45, 7) is 2.95. The Morgan fingerprint density at radius 1 is 1.10 bits per heavy atom. The smallest absolute Gasteiger partial charge is 0.289 e. The van der Waals surface area contributed by atoms with Crippen LogP contribution in [-0.4, -0.2) is 25.8 Å². The molecule has 0 radical (unpaired) electrons. The SMILES string of the molecule is Cc1cccc(CS(=O)(=O)Nc2ccc3c(c2)CN(C(=O)c2ccco2)CC3)c1. The van der Waals surface area contributed by atoms with E-state index < -0.39 is 10.0 Å². The van der Waals surface area contributed by atoms with Crippen LogP contribution in [-0.2, 0) is 28.7 Å². The first-order valence-electron chi connectivity index (χ1n) is 9.40. The van der Waals surface area contributed by atoms with Crippen molar-refractivity contribution in [3.05, 3.63) is 88.9 Å². The molecule has 6 nitrogen and oxygen atoms in total. The van der Waals surface area contributed by atoms with Gasteiger partial charge in [0, 0.05) is 18.8 Å². The zero-order chi connectivity index (χ0) is 20.4. The number of hydrogen-bond donors (Lipinski definition) is 1. The topological polar surface area (TPSA) is 79.6 Å². The van der Waals surface area contributed by atoms with Crippen LogP contribution in [0.1, 0.15) is 32.8 Å². The summed E-state index contributed by atoms with van der Waals surface area (Å²) < 4.78 is 33.0. The van der Waals surface area contributed by atoms with Gasteiger partial charge in [0.05, 0.1) is 12.0 Å². The van der Waals surface area contributed by atoms with Crippen LogP contribution < -0.4 is 4.72 Å². The maximum Gasteiger partial charge on any atom is 0.289 e. The first kappa shape index (κ1) is 19.3. The van der Waals surface area contributed by atoms with Crippen molar-refractivity contribution < 1.29 is 17.6 Å². The number of benzene rings is 2. The molecule has 2 heterocycles. The number of amides is 1. The molecule has 1 aliphatic heterocycles. The molecule has 1 amide bonds. The highest BCUT2D eigenvalue weighted by molar-refractivity contribution is 7.91. The van der Waals surface area contributed by atoms with Crippen LogP contribution in [0.25, 0.3) is 0 Å². The second-order valence-electron chi connectivity index (χ2n) is 7.29. The maximum absolute atomic E-state index is 12.6. The minimum atomic E-state index is -3.54. The van der Waals surface area contributed by atoms with Crippen molar-refractivity contribution in [3.8, 4) is 0 Å². The highest BCUT2D eigenvalue weighted by atomic mass is 32.2. The van der Waals surface area contributed by atoms with Crippen molar-refractivity contribution in [1.82, 2.24) is 4.90 Å². The molecule has 0 aliphatic carbocycles. The highest BCUT2D eigenvalue weighted by Crippen LogP contribution is 2.25. The van der Waals surface area contributed by atoms with Crippen molar-refractivity contribution in [3.63, 3.8) is 0 Å². The molecule has 0 unspecified atom stereocenters. The fraction of sp³-hybridized carbons (Fsp3) is 0.227. The lowest BCUT2D eigenvalue weighted by Crippen LogP contribution is -2.35. The second-order valence-corrected chi connectivity index (χ2v) is 9.01. The molecule has 0 spiro atoms. The number of hydrogen-bond acceptors (Lipinski definition) is 4. The summed E-state index contributed by atoms with van der Waals surface area (Å²) in [4.78, 5) is 14.3. The molecule has 0 saturated heterocycles. The second kappa shape index (κ2) is 7.75. The van der Waals surface area contributed by atoms with Gasteiger partial charge in [-0.2, -0.15) is 0 Å². The molecule has 7 heteroatoms. The fourth-order valence-corrected chi connectivity index (χ4v) is 4.76. The summed E-state index contributed by atoms with van der Waals surface area (Å²) in [5, 5.41) is 0. The summed E-state index contributed by atoms with van der Waals surface area (Å²) in [5.74, 6) is 0.0593. The van der Waals surface area contributed by atoms with Gasteiger partial charge in [-0.25, -0.2) is 8.42 Å². The number of rotatable bonds is 5. The molecule has 3 aromatic rings. The van der Waals surface area contributed by atoms with E-state index in [0.29, 0.717) is 24.5 Å². The van der Waals surface area contributed by atoms with Crippen LogP contribution in [0.5, 0.6) is 0 Å². The largest absolute Gasteiger partial charge is 0.459 e. The van der Waals surface area contributed by atoms with Crippen molar-refractivity contribution in [2.75, 3.05) is 11.3 Å². The van der Waals surface area contributed by atoms with E-state index in [2.05, 4.69) is 4.72 Å². The molecule has 2 aromatic carbocycles. The van der Waals surface area contributed by atoms with Gasteiger partial charge in [0.15, 0.2) is 5.76 Å². The van der Waals surface area contributed by atoms with Crippen LogP contribution >= 0.6 is 0 Å². The fourth-order valence-electron chi connectivity index (χ4n) is 3.59. The third-order valence-electron chi connectivity index (χ3n) is 4.95. The summed E-state index contributed by atoms with van der Waals surface area (Å²) in [5.41, 5.74) is 4.32. The van der Waals surface area contributed by atoms with Crippen molar-refractivity contribution >= 4 is 21.6 Å². The number of furan rings is 1. The molecule has 1 N–H and O–H groups in total. The van der Waals surface area contributed by atoms with E-state index in [1.54, 1.807) is 29.2 Å². The Kier molecular flexibility index (Phi) is 5.15. The first-order chi connectivity index (χ1) is 13.9. The number of carbonyl (C=O) groups excluding carboxylic acids is 1. The van der Waals surface area contributed by atoms with Gasteiger partial charge in [0.25, 0.3) is 5.91 Å². The molecule has 1 aliphatic rings. The Hall–Kier alpha value is -3.06. The average Bonchev–Trinajstić information content (AvgIpc) is 3.21. The quantitative estimate of drug-likeness (QED) is 0.695. The average molecular weight is 410 g/mol. The van der Waals surface area contributed by atoms with Crippen LogP contribution in [0.2, 0.25) is 0 Å². The number of nitrogens with zero attached hydrogens (tertiary/aromatic N) is 1. The van der Waals surface area contributed by atoms with Gasteiger partial charge in [0.1, 0.15) is 0 Å². The Balaban J connectivity index is 1.49. The van der Waals surface area contributed by atoms with Gasteiger partial charge >= 0.3 is 0 Å². The lowest BCUT2D eigenvalue weighted by Gasteiger charge is -2.28. The van der Waals surface area contributed by atoms with E-state index in [-0.39, 0.29) is 11.7 Å². The van der Waals surface area contributed by atoms with Crippen LogP contribution in [0.4, 0.5) is 5.69 Å². The maximum atomic E-state index is 12.6. The predicted octanol–water partition coefficient (Wildman–Crippen LogP) is 3.73. The summed E-state index contributed by atoms with van der Waals surface area (Å²) >= 11 is 0. The van der Waals surface area contributed by atoms with Gasteiger partial charge in [-0.3, -0.25) is 9.52 Å². The van der Waals surface area contributed by atoms with Gasteiger partial charge in [-0.15, -0.1) is 0 Å². The number of carbonyl (C=O) groups is 1. The van der Waals surface area contributed by atoms with Crippen LogP contribution in [0, 0.1) is 6.92 Å². The Morgan fingerprint density at radius 3 is 2.72 bits per heavy atom. The molecule has 4 rings (SSSR count). The van der Waals surface area contributed by atoms with Crippen molar-refractivity contribution in [2.45, 2.75) is 25.6 Å². The number of anilines is 1. The Bertz CT molecular complexity index is 1140. The third kappa shape index (κ3) is 4.51. The lowest BCUT2D eigenvalue weighted by atomic mass is 9.99. The molecule has 0 bridgehead atoms. The van der Waals surface area contributed by atoms with Gasteiger partial charge in [0.2, 0.25) is 10.0 Å². The number of fused-ring (bicyclic) bond motifs is 1. The van der Waals surface area contributed by atoms with Crippen LogP contribution in [0.3, 0.4) is 0 Å². The zero-order valence-electron chi connectivity index (χ0n) is 16.1. The lowest BCUT2D eigenvalue weighted by molar-refractivity contribution is 0.0702. The summed E-state index contributed by atoms with van der Waals surface area (Å²) in [7, 11) is -3.54. The van der Waals surface area contributed by atoms with Crippen molar-refractivity contribution in [1.29, 1.82) is 0 Å². The molecule has 29 heavy (non-hydrogen) atoms. The zero-order valence-corrected chi connectivity index (χ0v) is 16.9. The number of sulfonamides is 1. The van der Waals surface area contributed by atoms with Gasteiger partial charge < -0.3 is 9.32 Å². The van der Waals surface area contributed by atoms with E-state index in [1.807, 2.05) is 37.3 Å². The summed E-state index contributed by atoms with van der Waals surface area (Å²) in [6.07, 6.45) is 2.20. The van der Waals surface area contributed by atoms with E-state index in [4.69, 9.17) is 4.42 Å². The van der Waals surface area contributed by atoms with Crippen molar-refractivity contribution in [2.24, 2.45) is 0 Å². The predicted molar refractivity (Wildman–Crippen MR) is 111 cm³/mol. The van der Waals surface area contributed by atoms with Gasteiger partial charge in [-0.1, -0.05) is 35.9 Å². The Labute approximate surface area is 170 Å². The first-order valence-corrected chi connectivity index (χ1v) is 11.1. The van der Waals surface area contributed by atoms with E-state index >= 15 is 0 Å². The number of nitrogens with one attached hydrogen (secondary N) is 1. The van der Waals surface area contributed by atoms with Gasteiger partial charge in [-0.05, 0) is 54.3 Å². The number of aryl methyl sites for hydroxylation is 1. The molecular weight excluding hydrogens is 388 g/mol. The standard InChI is InChI=1S/C22H22N2O4S/c1-16-4-2-5-17(12-16)15-29(26,27)23-20-8-7-18-9-10-24(14-19(18)13-20)22(25)21-6-3-11-28-21/h2-8,11-13,23H,9-10,14-15H2,1H3. The molecule has 0 saturated carbocycles. The molecule has 150 valence electrons. The third-order valence-corrected chi connectivity index (χ3v) is 6.21. The van der Waals surface area contributed by atoms with Crippen LogP contribution in [0.15, 0.2) is 65.3 Å². The minimum Gasteiger partial charge on any atom is -0.459 e. The van der Waals surface area contributed by atoms with E-state index in [0.717, 1.165) is 28.7 Å². The van der Waals surface area contributed by atoms with E-state index in [9.17, 15) is 13.2 Å². The highest BCUT2D eigenvalue weighted by Gasteiger charge is 2.24. The molecule has 0 atom stereocenters. The van der Waals surface area contributed by atoms with E-state index in [1.165, 1.54) is 6.26 Å². The summed E-state index contributed by atoms with van der Waals surface area (Å²) in [6, 6.07) is 16.3. The molecule has 0 fully saturated rings. The monoisotopic (exact) mass is 410 g/mol. The normalized spacial score (nSPS) is 13.8. The minimum absolute atomic E-state index is 0.0884. The molecular formula is C22H22N2O4S. The Morgan fingerprint density at radius 2 is 1.97 bits per heavy atom.